The van der Waals surface area contributed by atoms with Crippen LogP contribution >= 0.6 is 0 Å². The molecule has 0 aliphatic carbocycles. The summed E-state index contributed by atoms with van der Waals surface area (Å²) in [6.45, 7) is 6.49. The van der Waals surface area contributed by atoms with Gasteiger partial charge in [-0.15, -0.1) is 6.58 Å². The van der Waals surface area contributed by atoms with E-state index in [1.54, 1.807) is 6.92 Å². The minimum Gasteiger partial charge on any atom is -0.454 e. The van der Waals surface area contributed by atoms with Gasteiger partial charge >= 0.3 is 5.97 Å². The molecule has 0 aromatic heterocycles. The van der Waals surface area contributed by atoms with Crippen molar-refractivity contribution in [3.05, 3.63) is 12.7 Å². The van der Waals surface area contributed by atoms with Crippen molar-refractivity contribution in [1.82, 2.24) is 0 Å². The molecule has 0 spiro atoms. The predicted molar refractivity (Wildman–Crippen MR) is 58.1 cm³/mol. The summed E-state index contributed by atoms with van der Waals surface area (Å²) in [7, 11) is 0. The highest BCUT2D eigenvalue weighted by atomic mass is 16.7. The van der Waals surface area contributed by atoms with Crippen LogP contribution in [0.25, 0.3) is 0 Å². The predicted octanol–water partition coefficient (Wildman–Crippen LogP) is -0.413. The number of esters is 1. The van der Waals surface area contributed by atoms with Gasteiger partial charge in [-0.05, 0) is 6.92 Å². The van der Waals surface area contributed by atoms with Crippen LogP contribution in [0.4, 0.5) is 0 Å². The summed E-state index contributed by atoms with van der Waals surface area (Å²) in [6, 6.07) is 0. The SMILES string of the molecule is C=CCO[C@@H]1O[C@@H](C)[C@H](O)[C@@H](O)[C@H]1OC(C)=O. The lowest BCUT2D eigenvalue weighted by Crippen LogP contribution is -2.58. The van der Waals surface area contributed by atoms with Gasteiger partial charge in [0, 0.05) is 6.92 Å². The second-order valence-electron chi connectivity index (χ2n) is 3.89. The van der Waals surface area contributed by atoms with Crippen LogP contribution in [0.3, 0.4) is 0 Å². The van der Waals surface area contributed by atoms with Crippen molar-refractivity contribution in [3.8, 4) is 0 Å². The molecule has 0 saturated carbocycles. The molecule has 0 radical (unpaired) electrons. The molecule has 98 valence electrons. The van der Waals surface area contributed by atoms with Gasteiger partial charge in [0.25, 0.3) is 0 Å². The topological polar surface area (TPSA) is 85.2 Å². The van der Waals surface area contributed by atoms with E-state index in [1.165, 1.54) is 13.0 Å². The molecule has 0 unspecified atom stereocenters. The van der Waals surface area contributed by atoms with Gasteiger partial charge in [-0.2, -0.15) is 0 Å². The third-order valence-electron chi connectivity index (χ3n) is 2.46. The first-order chi connectivity index (χ1) is 7.97. The van der Waals surface area contributed by atoms with Gasteiger partial charge in [-0.3, -0.25) is 4.79 Å². The van der Waals surface area contributed by atoms with Gasteiger partial charge in [-0.25, -0.2) is 0 Å². The van der Waals surface area contributed by atoms with Crippen LogP contribution in [0.2, 0.25) is 0 Å². The largest absolute Gasteiger partial charge is 0.454 e. The third-order valence-corrected chi connectivity index (χ3v) is 2.46. The normalized spacial score (nSPS) is 37.5. The average molecular weight is 246 g/mol. The van der Waals surface area contributed by atoms with Crippen LogP contribution in [-0.4, -0.2) is 53.5 Å². The number of hydrogen-bond acceptors (Lipinski definition) is 6. The van der Waals surface area contributed by atoms with Crippen LogP contribution < -0.4 is 0 Å². The minimum absolute atomic E-state index is 0.192. The van der Waals surface area contributed by atoms with E-state index >= 15 is 0 Å². The molecule has 0 aromatic carbocycles. The highest BCUT2D eigenvalue weighted by molar-refractivity contribution is 5.66. The van der Waals surface area contributed by atoms with Crippen LogP contribution in [0.1, 0.15) is 13.8 Å². The molecule has 5 atom stereocenters. The Hall–Kier alpha value is -0.950. The summed E-state index contributed by atoms with van der Waals surface area (Å²) in [5, 5.41) is 19.4. The molecule has 1 rings (SSSR count). The second-order valence-corrected chi connectivity index (χ2v) is 3.89. The number of rotatable bonds is 4. The lowest BCUT2D eigenvalue weighted by atomic mass is 10.00. The maximum Gasteiger partial charge on any atom is 0.303 e. The van der Waals surface area contributed by atoms with Crippen molar-refractivity contribution in [3.63, 3.8) is 0 Å². The molecular weight excluding hydrogens is 228 g/mol. The highest BCUT2D eigenvalue weighted by Crippen LogP contribution is 2.24. The van der Waals surface area contributed by atoms with E-state index in [1.807, 2.05) is 0 Å². The number of aliphatic hydroxyl groups excluding tert-OH is 2. The number of carbonyl (C=O) groups excluding carboxylic acids is 1. The van der Waals surface area contributed by atoms with Crippen molar-refractivity contribution < 1.29 is 29.2 Å². The first-order valence-corrected chi connectivity index (χ1v) is 5.38. The van der Waals surface area contributed by atoms with Crippen molar-refractivity contribution in [2.45, 2.75) is 44.6 Å². The van der Waals surface area contributed by atoms with E-state index in [2.05, 4.69) is 6.58 Å². The Morgan fingerprint density at radius 1 is 1.47 bits per heavy atom. The maximum absolute atomic E-state index is 10.9. The molecule has 1 saturated heterocycles. The van der Waals surface area contributed by atoms with Crippen LogP contribution in [-0.2, 0) is 19.0 Å². The first-order valence-electron chi connectivity index (χ1n) is 5.38. The lowest BCUT2D eigenvalue weighted by Gasteiger charge is -2.40. The Bertz CT molecular complexity index is 279. The fourth-order valence-corrected chi connectivity index (χ4v) is 1.62. The summed E-state index contributed by atoms with van der Waals surface area (Å²) in [6.07, 6.45) is -3.41. The Morgan fingerprint density at radius 2 is 2.12 bits per heavy atom. The zero-order valence-corrected chi connectivity index (χ0v) is 9.91. The fourth-order valence-electron chi connectivity index (χ4n) is 1.62. The van der Waals surface area contributed by atoms with Crippen molar-refractivity contribution in [1.29, 1.82) is 0 Å². The monoisotopic (exact) mass is 246 g/mol. The van der Waals surface area contributed by atoms with Crippen LogP contribution in [0.15, 0.2) is 12.7 Å². The van der Waals surface area contributed by atoms with E-state index in [4.69, 9.17) is 14.2 Å². The summed E-state index contributed by atoms with van der Waals surface area (Å²) in [5.74, 6) is -0.577. The van der Waals surface area contributed by atoms with Crippen molar-refractivity contribution in [2.75, 3.05) is 6.61 Å². The zero-order valence-electron chi connectivity index (χ0n) is 9.91. The van der Waals surface area contributed by atoms with Crippen molar-refractivity contribution >= 4 is 5.97 Å². The molecule has 1 heterocycles. The highest BCUT2D eigenvalue weighted by Gasteiger charge is 2.45. The molecule has 0 amide bonds. The summed E-state index contributed by atoms with van der Waals surface area (Å²) >= 11 is 0. The van der Waals surface area contributed by atoms with Crippen molar-refractivity contribution in [2.24, 2.45) is 0 Å². The first kappa shape index (κ1) is 14.1. The quantitative estimate of drug-likeness (QED) is 0.518. The molecule has 6 nitrogen and oxygen atoms in total. The maximum atomic E-state index is 10.9. The number of hydrogen-bond donors (Lipinski definition) is 2. The van der Waals surface area contributed by atoms with Gasteiger partial charge in [0.1, 0.15) is 12.2 Å². The summed E-state index contributed by atoms with van der Waals surface area (Å²) in [5.41, 5.74) is 0. The molecule has 1 fully saturated rings. The molecular formula is C11H18O6. The van der Waals surface area contributed by atoms with E-state index in [0.29, 0.717) is 0 Å². The zero-order chi connectivity index (χ0) is 13.0. The summed E-state index contributed by atoms with van der Waals surface area (Å²) < 4.78 is 15.5. The Morgan fingerprint density at radius 3 is 2.65 bits per heavy atom. The number of ether oxygens (including phenoxy) is 3. The molecule has 2 N–H and O–H groups in total. The van der Waals surface area contributed by atoms with E-state index in [-0.39, 0.29) is 6.61 Å². The van der Waals surface area contributed by atoms with Crippen LogP contribution in [0.5, 0.6) is 0 Å². The molecule has 0 bridgehead atoms. The number of aliphatic hydroxyl groups is 2. The average Bonchev–Trinajstić information content (AvgIpc) is 2.27. The Labute approximate surface area is 99.8 Å². The van der Waals surface area contributed by atoms with Gasteiger partial charge in [0.15, 0.2) is 12.4 Å². The second kappa shape index (κ2) is 6.11. The lowest BCUT2D eigenvalue weighted by molar-refractivity contribution is -0.293. The van der Waals surface area contributed by atoms with E-state index in [9.17, 15) is 15.0 Å². The third kappa shape index (κ3) is 3.50. The smallest absolute Gasteiger partial charge is 0.303 e. The van der Waals surface area contributed by atoms with E-state index in [0.717, 1.165) is 0 Å². The minimum atomic E-state index is -1.24. The van der Waals surface area contributed by atoms with Gasteiger partial charge in [0.2, 0.25) is 0 Å². The standard InChI is InChI=1S/C11H18O6/c1-4-5-15-11-10(17-7(3)12)9(14)8(13)6(2)16-11/h4,6,8-11,13-14H,1,5H2,2-3H3/t6-,8-,9+,10+,11+/m0/s1. The Balaban J connectivity index is 2.74. The fraction of sp³-hybridized carbons (Fsp3) is 0.727. The van der Waals surface area contributed by atoms with Crippen LogP contribution in [0, 0.1) is 0 Å². The molecule has 6 heteroatoms. The van der Waals surface area contributed by atoms with Gasteiger partial charge < -0.3 is 24.4 Å². The van der Waals surface area contributed by atoms with E-state index < -0.39 is 36.7 Å². The molecule has 1 aliphatic heterocycles. The summed E-state index contributed by atoms with van der Waals surface area (Å²) in [4.78, 5) is 10.9. The van der Waals surface area contributed by atoms with Gasteiger partial charge in [-0.1, -0.05) is 6.08 Å². The van der Waals surface area contributed by atoms with Gasteiger partial charge in [0.05, 0.1) is 12.7 Å². The molecule has 0 aromatic rings. The molecule has 1 aliphatic rings. The molecule has 17 heavy (non-hydrogen) atoms. The Kier molecular flexibility index (Phi) is 5.07. The number of carbonyl (C=O) groups is 1.